The normalized spacial score (nSPS) is 15.6. The van der Waals surface area contributed by atoms with E-state index in [1.807, 2.05) is 18.4 Å². The fourth-order valence-electron chi connectivity index (χ4n) is 2.89. The zero-order valence-electron chi connectivity index (χ0n) is 15.8. The molecule has 1 aliphatic rings. The molecule has 0 saturated carbocycles. The highest BCUT2D eigenvalue weighted by Crippen LogP contribution is 2.25. The molecule has 0 unspecified atom stereocenters. The van der Waals surface area contributed by atoms with Crippen molar-refractivity contribution in [3.05, 3.63) is 51.8 Å². The zero-order chi connectivity index (χ0) is 20.3. The van der Waals surface area contributed by atoms with Crippen LogP contribution in [0.2, 0.25) is 0 Å². The van der Waals surface area contributed by atoms with Gasteiger partial charge in [0.1, 0.15) is 0 Å². The van der Waals surface area contributed by atoms with Gasteiger partial charge in [-0.3, -0.25) is 0 Å². The number of nitrogens with zero attached hydrogens (tertiary/aromatic N) is 4. The van der Waals surface area contributed by atoms with E-state index in [0.29, 0.717) is 54.5 Å². The highest BCUT2D eigenvalue weighted by atomic mass is 32.2. The molecule has 154 valence electrons. The number of aromatic nitrogens is 3. The first kappa shape index (κ1) is 20.5. The summed E-state index contributed by atoms with van der Waals surface area (Å²) in [5.74, 6) is 1.05. The van der Waals surface area contributed by atoms with Crippen molar-refractivity contribution in [1.29, 1.82) is 0 Å². The second kappa shape index (κ2) is 8.92. The number of hydrogen-bond donors (Lipinski definition) is 0. The molecule has 0 atom stereocenters. The van der Waals surface area contributed by atoms with E-state index >= 15 is 0 Å². The standard InChI is InChI=1S/C18H20N4O4S3/c1-13-19-15(12-27-13)10-17-20-21-18(26-17)28-11-14-3-2-4-16(9-14)29(23,24)22-5-7-25-8-6-22/h2-4,9,12H,5-8,10-11H2,1H3. The molecule has 1 saturated heterocycles. The first-order valence-corrected chi connectivity index (χ1v) is 12.3. The van der Waals surface area contributed by atoms with E-state index in [1.54, 1.807) is 29.5 Å². The summed E-state index contributed by atoms with van der Waals surface area (Å²) in [5.41, 5.74) is 1.79. The van der Waals surface area contributed by atoms with Crippen LogP contribution in [0.5, 0.6) is 0 Å². The molecule has 3 heterocycles. The Balaban J connectivity index is 1.40. The van der Waals surface area contributed by atoms with Crippen LogP contribution in [0.25, 0.3) is 0 Å². The minimum Gasteiger partial charge on any atom is -0.416 e. The highest BCUT2D eigenvalue weighted by molar-refractivity contribution is 7.98. The molecule has 4 rings (SSSR count). The van der Waals surface area contributed by atoms with E-state index in [-0.39, 0.29) is 0 Å². The second-order valence-corrected chi connectivity index (χ2v) is 10.4. The Kier molecular flexibility index (Phi) is 6.30. The Bertz CT molecular complexity index is 1070. The van der Waals surface area contributed by atoms with Gasteiger partial charge >= 0.3 is 0 Å². The fraction of sp³-hybridized carbons (Fsp3) is 0.389. The third-order valence-corrected chi connectivity index (χ3v) is 7.92. The Hall–Kier alpha value is -1.79. The molecule has 11 heteroatoms. The Labute approximate surface area is 177 Å². The number of ether oxygens (including phenoxy) is 1. The van der Waals surface area contributed by atoms with Crippen LogP contribution in [0.15, 0.2) is 44.2 Å². The Morgan fingerprint density at radius 3 is 2.83 bits per heavy atom. The van der Waals surface area contributed by atoms with Gasteiger partial charge in [0.15, 0.2) is 0 Å². The van der Waals surface area contributed by atoms with Gasteiger partial charge in [0, 0.05) is 24.2 Å². The Morgan fingerprint density at radius 2 is 2.07 bits per heavy atom. The van der Waals surface area contributed by atoms with E-state index in [2.05, 4.69) is 15.2 Å². The number of benzene rings is 1. The topological polar surface area (TPSA) is 98.4 Å². The zero-order valence-corrected chi connectivity index (χ0v) is 18.2. The molecule has 0 N–H and O–H groups in total. The van der Waals surface area contributed by atoms with Gasteiger partial charge < -0.3 is 9.15 Å². The van der Waals surface area contributed by atoms with Crippen LogP contribution in [-0.4, -0.2) is 54.2 Å². The van der Waals surface area contributed by atoms with E-state index in [9.17, 15) is 8.42 Å². The van der Waals surface area contributed by atoms with E-state index < -0.39 is 10.0 Å². The van der Waals surface area contributed by atoms with Crippen LogP contribution in [0.4, 0.5) is 0 Å². The van der Waals surface area contributed by atoms with Crippen LogP contribution in [0.1, 0.15) is 22.2 Å². The van der Waals surface area contributed by atoms with Crippen molar-refractivity contribution >= 4 is 33.1 Å². The average molecular weight is 453 g/mol. The maximum Gasteiger partial charge on any atom is 0.276 e. The second-order valence-electron chi connectivity index (χ2n) is 6.45. The fourth-order valence-corrected chi connectivity index (χ4v) is 5.70. The number of rotatable bonds is 7. The summed E-state index contributed by atoms with van der Waals surface area (Å²) < 4.78 is 38.0. The van der Waals surface area contributed by atoms with Crippen molar-refractivity contribution in [2.75, 3.05) is 26.3 Å². The summed E-state index contributed by atoms with van der Waals surface area (Å²) in [6.45, 7) is 3.56. The molecule has 0 bridgehead atoms. The van der Waals surface area contributed by atoms with Crippen molar-refractivity contribution in [3.8, 4) is 0 Å². The van der Waals surface area contributed by atoms with Crippen LogP contribution in [0.3, 0.4) is 0 Å². The minimum absolute atomic E-state index is 0.294. The van der Waals surface area contributed by atoms with Gasteiger partial charge in [-0.15, -0.1) is 21.5 Å². The molecule has 0 radical (unpaired) electrons. The lowest BCUT2D eigenvalue weighted by Gasteiger charge is -2.26. The number of thiazole rings is 1. The van der Waals surface area contributed by atoms with Crippen LogP contribution >= 0.6 is 23.1 Å². The predicted octanol–water partition coefficient (Wildman–Crippen LogP) is 2.74. The molecule has 0 spiro atoms. The Morgan fingerprint density at radius 1 is 1.24 bits per heavy atom. The highest BCUT2D eigenvalue weighted by Gasteiger charge is 2.26. The molecule has 1 aromatic carbocycles. The lowest BCUT2D eigenvalue weighted by Crippen LogP contribution is -2.40. The maximum atomic E-state index is 12.8. The lowest BCUT2D eigenvalue weighted by atomic mass is 10.2. The van der Waals surface area contributed by atoms with Crippen molar-refractivity contribution in [2.45, 2.75) is 29.2 Å². The van der Waals surface area contributed by atoms with Crippen molar-refractivity contribution in [2.24, 2.45) is 0 Å². The van der Waals surface area contributed by atoms with Gasteiger partial charge in [-0.1, -0.05) is 23.9 Å². The molecule has 3 aromatic rings. The quantitative estimate of drug-likeness (QED) is 0.505. The number of aryl methyl sites for hydroxylation is 1. The number of sulfonamides is 1. The molecule has 1 aliphatic heterocycles. The van der Waals surface area contributed by atoms with Crippen LogP contribution in [0, 0.1) is 6.92 Å². The summed E-state index contributed by atoms with van der Waals surface area (Å²) >= 11 is 2.96. The summed E-state index contributed by atoms with van der Waals surface area (Å²) in [5, 5.41) is 11.6. The number of hydrogen-bond acceptors (Lipinski definition) is 9. The average Bonchev–Trinajstić information content (AvgIpc) is 3.36. The predicted molar refractivity (Wildman–Crippen MR) is 110 cm³/mol. The molecule has 29 heavy (non-hydrogen) atoms. The smallest absolute Gasteiger partial charge is 0.276 e. The SMILES string of the molecule is Cc1nc(Cc2nnc(SCc3cccc(S(=O)(=O)N4CCOCC4)c3)o2)cs1. The first-order chi connectivity index (χ1) is 14.0. The van der Waals surface area contributed by atoms with Crippen LogP contribution in [-0.2, 0) is 26.9 Å². The van der Waals surface area contributed by atoms with Gasteiger partial charge in [-0.2, -0.15) is 4.31 Å². The molecule has 1 fully saturated rings. The van der Waals surface area contributed by atoms with Gasteiger partial charge in [-0.25, -0.2) is 13.4 Å². The van der Waals surface area contributed by atoms with Gasteiger partial charge in [-0.05, 0) is 24.6 Å². The van der Waals surface area contributed by atoms with E-state index in [4.69, 9.17) is 9.15 Å². The summed E-state index contributed by atoms with van der Waals surface area (Å²) in [7, 11) is -3.51. The van der Waals surface area contributed by atoms with E-state index in [0.717, 1.165) is 16.3 Å². The van der Waals surface area contributed by atoms with Gasteiger partial charge in [0.05, 0.1) is 35.2 Å². The minimum atomic E-state index is -3.51. The molecule has 0 amide bonds. The molecule has 8 nitrogen and oxygen atoms in total. The van der Waals surface area contributed by atoms with Gasteiger partial charge in [0.2, 0.25) is 15.9 Å². The van der Waals surface area contributed by atoms with Gasteiger partial charge in [0.25, 0.3) is 5.22 Å². The first-order valence-electron chi connectivity index (χ1n) is 9.04. The van der Waals surface area contributed by atoms with Crippen molar-refractivity contribution < 1.29 is 17.6 Å². The lowest BCUT2D eigenvalue weighted by molar-refractivity contribution is 0.0730. The number of morpholine rings is 1. The molecular formula is C18H20N4O4S3. The number of thioether (sulfide) groups is 1. The van der Waals surface area contributed by atoms with Crippen molar-refractivity contribution in [1.82, 2.24) is 19.5 Å². The molecule has 2 aromatic heterocycles. The van der Waals surface area contributed by atoms with Crippen LogP contribution < -0.4 is 0 Å². The monoisotopic (exact) mass is 452 g/mol. The van der Waals surface area contributed by atoms with Crippen molar-refractivity contribution in [3.63, 3.8) is 0 Å². The summed E-state index contributed by atoms with van der Waals surface area (Å²) in [6.07, 6.45) is 0.505. The summed E-state index contributed by atoms with van der Waals surface area (Å²) in [4.78, 5) is 4.69. The molecule has 0 aliphatic carbocycles. The third-order valence-electron chi connectivity index (χ3n) is 4.32. The third kappa shape index (κ3) is 5.04. The summed E-state index contributed by atoms with van der Waals surface area (Å²) in [6, 6.07) is 6.97. The largest absolute Gasteiger partial charge is 0.416 e. The van der Waals surface area contributed by atoms with E-state index in [1.165, 1.54) is 16.1 Å². The maximum absolute atomic E-state index is 12.8. The molecular weight excluding hydrogens is 432 g/mol.